The minimum atomic E-state index is -0.285. The maximum Gasteiger partial charge on any atom is 0.264 e. The summed E-state index contributed by atoms with van der Waals surface area (Å²) in [5.74, 6) is 0.678. The number of rotatable bonds is 13. The number of nitrogens with zero attached hydrogens (tertiary/aromatic N) is 5. The standard InChI is InChI=1S/C32H41ClN8O2S.C10H13NO.C5H10N2O/c1-22-6-8-23(9-7-22)21-39-16-18-41(19-17-39)28(43)11-10-27(42)37-24-4-3-5-25(29(24)33)44-31-30(34)38-26(20-36-31)40-14-12-32(2,35)13-15-40;1-3-8-4-5-10(12)9(6-8)7(2)11;1-3-7-5(8)4(2)6/h3-9,20H,10-19,21,35H2,1-2H3,(H2,34,38)(H,37,42);4-6,11-12H,3H2,1-2H3;6H,3H2,1-2H3,(H,7,8). The number of amides is 3. The number of piperidine rings is 1. The summed E-state index contributed by atoms with van der Waals surface area (Å²) in [6, 6.07) is 19.3. The number of aromatic hydroxyl groups is 1. The van der Waals surface area contributed by atoms with Crippen molar-refractivity contribution in [3.8, 4) is 5.75 Å². The van der Waals surface area contributed by atoms with Gasteiger partial charge in [0.2, 0.25) is 11.8 Å². The highest BCUT2D eigenvalue weighted by molar-refractivity contribution is 7.99. The van der Waals surface area contributed by atoms with E-state index in [9.17, 15) is 19.5 Å². The molecule has 17 heteroatoms. The molecule has 0 bridgehead atoms. The molecule has 0 unspecified atom stereocenters. The predicted octanol–water partition coefficient (Wildman–Crippen LogP) is 7.06. The van der Waals surface area contributed by atoms with Crippen molar-refractivity contribution in [3.63, 3.8) is 0 Å². The quantitative estimate of drug-likeness (QED) is 0.0672. The molecule has 15 nitrogen and oxygen atoms in total. The van der Waals surface area contributed by atoms with E-state index < -0.39 is 0 Å². The molecular weight excluding hydrogens is 850 g/mol. The van der Waals surface area contributed by atoms with Gasteiger partial charge in [0.05, 0.1) is 22.6 Å². The molecule has 6 rings (SSSR count). The van der Waals surface area contributed by atoms with Gasteiger partial charge >= 0.3 is 0 Å². The van der Waals surface area contributed by atoms with Crippen LogP contribution in [0, 0.1) is 17.7 Å². The second kappa shape index (κ2) is 24.5. The van der Waals surface area contributed by atoms with Crippen molar-refractivity contribution >= 4 is 69.8 Å². The molecule has 2 aliphatic heterocycles. The number of nitrogen functional groups attached to an aromatic ring is 1. The molecule has 1 aromatic heterocycles. The summed E-state index contributed by atoms with van der Waals surface area (Å²) >= 11 is 7.96. The fourth-order valence-electron chi connectivity index (χ4n) is 6.75. The molecule has 0 saturated carbocycles. The number of phenolic OH excluding ortho intramolecular Hbond substituents is 1. The second-order valence-electron chi connectivity index (χ2n) is 16.3. The lowest BCUT2D eigenvalue weighted by Crippen LogP contribution is -2.48. The van der Waals surface area contributed by atoms with Gasteiger partial charge in [-0.25, -0.2) is 9.97 Å². The van der Waals surface area contributed by atoms with Gasteiger partial charge < -0.3 is 42.4 Å². The van der Waals surface area contributed by atoms with Gasteiger partial charge in [-0.3, -0.25) is 24.7 Å². The number of aryl methyl sites for hydroxylation is 2. The van der Waals surface area contributed by atoms with Crippen molar-refractivity contribution in [2.75, 3.05) is 61.8 Å². The van der Waals surface area contributed by atoms with Crippen LogP contribution < -0.4 is 27.0 Å². The van der Waals surface area contributed by atoms with Crippen LogP contribution in [0.2, 0.25) is 5.02 Å². The molecule has 9 N–H and O–H groups in total. The highest BCUT2D eigenvalue weighted by Gasteiger charge is 2.27. The smallest absolute Gasteiger partial charge is 0.264 e. The molecule has 2 aliphatic rings. The number of nitrogens with two attached hydrogens (primary N) is 2. The van der Waals surface area contributed by atoms with Gasteiger partial charge in [0.25, 0.3) is 5.91 Å². The lowest BCUT2D eigenvalue weighted by Gasteiger charge is -2.37. The molecule has 344 valence electrons. The van der Waals surface area contributed by atoms with Crippen molar-refractivity contribution in [3.05, 3.63) is 94.1 Å². The minimum Gasteiger partial charge on any atom is -0.507 e. The number of carbonyl (C=O) groups excluding carboxylic acids is 3. The van der Waals surface area contributed by atoms with Crippen molar-refractivity contribution in [2.45, 2.75) is 95.7 Å². The Labute approximate surface area is 386 Å². The summed E-state index contributed by atoms with van der Waals surface area (Å²) in [6.45, 7) is 17.2. The molecule has 0 radical (unpaired) electrons. The van der Waals surface area contributed by atoms with Crippen molar-refractivity contribution < 1.29 is 19.5 Å². The molecule has 64 heavy (non-hydrogen) atoms. The summed E-state index contributed by atoms with van der Waals surface area (Å²) in [4.78, 5) is 52.2. The van der Waals surface area contributed by atoms with Crippen molar-refractivity contribution in [1.29, 1.82) is 10.8 Å². The van der Waals surface area contributed by atoms with E-state index in [4.69, 9.17) is 33.9 Å². The van der Waals surface area contributed by atoms with Gasteiger partial charge in [0.15, 0.2) is 5.82 Å². The molecule has 2 saturated heterocycles. The SMILES string of the molecule is CCNC(=O)C(C)=N.CCc1ccc(O)c(C(C)=N)c1.Cc1ccc(CN2CCN(C(=O)CCC(=O)Nc3cccc(Sc4ncc(N5CCC(C)(N)CC5)nc4N)c3Cl)CC2)cc1. The average molecular weight is 915 g/mol. The van der Waals surface area contributed by atoms with Crippen LogP contribution >= 0.6 is 23.4 Å². The number of carbonyl (C=O) groups is 3. The van der Waals surface area contributed by atoms with Gasteiger partial charge in [-0.05, 0) is 89.3 Å². The van der Waals surface area contributed by atoms with Crippen LogP contribution in [0.4, 0.5) is 17.3 Å². The topological polar surface area (TPSA) is 231 Å². The van der Waals surface area contributed by atoms with Crippen LogP contribution in [0.5, 0.6) is 5.75 Å². The first-order valence-corrected chi connectivity index (χ1v) is 22.8. The van der Waals surface area contributed by atoms with E-state index in [2.05, 4.69) is 75.4 Å². The highest BCUT2D eigenvalue weighted by atomic mass is 35.5. The monoisotopic (exact) mass is 913 g/mol. The zero-order chi connectivity index (χ0) is 47.0. The molecule has 3 heterocycles. The molecule has 4 aromatic rings. The van der Waals surface area contributed by atoms with Crippen molar-refractivity contribution in [1.82, 2.24) is 25.1 Å². The van der Waals surface area contributed by atoms with Crippen LogP contribution in [-0.2, 0) is 27.3 Å². The summed E-state index contributed by atoms with van der Waals surface area (Å²) < 4.78 is 0. The number of benzene rings is 3. The largest absolute Gasteiger partial charge is 0.507 e. The average Bonchev–Trinajstić information content (AvgIpc) is 3.26. The Hall–Kier alpha value is -5.55. The Balaban J connectivity index is 0.000000369. The van der Waals surface area contributed by atoms with Gasteiger partial charge in [0.1, 0.15) is 16.6 Å². The van der Waals surface area contributed by atoms with Crippen LogP contribution in [0.3, 0.4) is 0 Å². The normalized spacial score (nSPS) is 14.6. The fraction of sp³-hybridized carbons (Fsp3) is 0.426. The van der Waals surface area contributed by atoms with E-state index in [1.54, 1.807) is 31.3 Å². The Morgan fingerprint density at radius 1 is 0.938 bits per heavy atom. The maximum atomic E-state index is 12.8. The number of anilines is 3. The number of piperazine rings is 1. The molecule has 2 fully saturated rings. The van der Waals surface area contributed by atoms with Gasteiger partial charge in [0, 0.05) is 86.9 Å². The van der Waals surface area contributed by atoms with E-state index in [0.29, 0.717) is 57.4 Å². The van der Waals surface area contributed by atoms with E-state index in [1.165, 1.54) is 29.8 Å². The summed E-state index contributed by atoms with van der Waals surface area (Å²) in [5.41, 5.74) is 17.6. The van der Waals surface area contributed by atoms with Crippen LogP contribution in [0.1, 0.15) is 82.6 Å². The maximum absolute atomic E-state index is 12.8. The number of nitrogens with one attached hydrogen (secondary N) is 4. The van der Waals surface area contributed by atoms with Gasteiger partial charge in [-0.2, -0.15) is 0 Å². The van der Waals surface area contributed by atoms with Crippen LogP contribution in [0.15, 0.2) is 76.8 Å². The van der Waals surface area contributed by atoms with Gasteiger partial charge in [-0.1, -0.05) is 72.2 Å². The Kier molecular flexibility index (Phi) is 19.6. The lowest BCUT2D eigenvalue weighted by atomic mass is 9.91. The zero-order valence-corrected chi connectivity index (χ0v) is 39.5. The number of halogens is 1. The molecule has 3 aromatic carbocycles. The Bertz CT molecular complexity index is 2240. The lowest BCUT2D eigenvalue weighted by molar-refractivity contribution is -0.134. The Morgan fingerprint density at radius 2 is 1.59 bits per heavy atom. The van der Waals surface area contributed by atoms with E-state index in [1.807, 2.05) is 30.0 Å². The number of aromatic nitrogens is 2. The molecule has 0 atom stereocenters. The third kappa shape index (κ3) is 15.9. The summed E-state index contributed by atoms with van der Waals surface area (Å²) in [6.07, 6.45) is 4.63. The Morgan fingerprint density at radius 3 is 2.17 bits per heavy atom. The van der Waals surface area contributed by atoms with E-state index in [-0.39, 0.29) is 47.6 Å². The van der Waals surface area contributed by atoms with Crippen molar-refractivity contribution in [2.24, 2.45) is 5.73 Å². The summed E-state index contributed by atoms with van der Waals surface area (Å²) in [5, 5.41) is 29.8. The predicted molar refractivity (Wildman–Crippen MR) is 259 cm³/mol. The molecule has 0 spiro atoms. The zero-order valence-electron chi connectivity index (χ0n) is 37.9. The van der Waals surface area contributed by atoms with Gasteiger partial charge in [-0.15, -0.1) is 0 Å². The second-order valence-corrected chi connectivity index (χ2v) is 17.7. The van der Waals surface area contributed by atoms with E-state index >= 15 is 0 Å². The number of phenols is 1. The number of hydrogen-bond acceptors (Lipinski definition) is 13. The first kappa shape index (κ1) is 51.1. The minimum absolute atomic E-state index is 0.00960. The van der Waals surface area contributed by atoms with Crippen LogP contribution in [0.25, 0.3) is 0 Å². The third-order valence-electron chi connectivity index (χ3n) is 10.8. The third-order valence-corrected chi connectivity index (χ3v) is 12.4. The highest BCUT2D eigenvalue weighted by Crippen LogP contribution is 2.39. The molecular formula is C47H64ClN11O4S. The summed E-state index contributed by atoms with van der Waals surface area (Å²) in [7, 11) is 0. The van der Waals surface area contributed by atoms with Crippen LogP contribution in [-0.4, -0.2) is 105 Å². The fourth-order valence-corrected chi connectivity index (χ4v) is 7.84. The first-order chi connectivity index (χ1) is 30.4. The molecule has 0 aliphatic carbocycles. The first-order valence-electron chi connectivity index (χ1n) is 21.6. The molecule has 3 amide bonds. The number of hydrogen-bond donors (Lipinski definition) is 7. The van der Waals surface area contributed by atoms with E-state index in [0.717, 1.165) is 63.4 Å².